The Bertz CT molecular complexity index is 818. The van der Waals surface area contributed by atoms with Gasteiger partial charge in [0.15, 0.2) is 5.82 Å². The zero-order valence-corrected chi connectivity index (χ0v) is 17.1. The number of aliphatic imine (C=N–C) groups is 1. The number of benzene rings is 1. The van der Waals surface area contributed by atoms with Crippen LogP contribution >= 0.6 is 0 Å². The molecule has 0 aliphatic carbocycles. The fourth-order valence-corrected chi connectivity index (χ4v) is 2.75. The lowest BCUT2D eigenvalue weighted by atomic mass is 10.1. The van der Waals surface area contributed by atoms with E-state index >= 15 is 0 Å². The van der Waals surface area contributed by atoms with Gasteiger partial charge in [-0.3, -0.25) is 25.7 Å². The van der Waals surface area contributed by atoms with Crippen molar-refractivity contribution in [3.8, 4) is 12.8 Å². The van der Waals surface area contributed by atoms with Crippen molar-refractivity contribution in [3.05, 3.63) is 57.0 Å². The maximum Gasteiger partial charge on any atom is 0.416 e. The molecule has 2 atom stereocenters. The van der Waals surface area contributed by atoms with Crippen LogP contribution in [0.1, 0.15) is 25.0 Å². The lowest BCUT2D eigenvalue weighted by Gasteiger charge is -2.35. The van der Waals surface area contributed by atoms with Crippen LogP contribution in [0.4, 0.5) is 13.2 Å². The topological polar surface area (TPSA) is 94.8 Å². The second kappa shape index (κ2) is 10.6. The van der Waals surface area contributed by atoms with Gasteiger partial charge in [-0.15, -0.1) is 12.8 Å². The first kappa shape index (κ1) is 24.9. The third-order valence-corrected chi connectivity index (χ3v) is 4.48. The highest BCUT2D eigenvalue weighted by Gasteiger charge is 2.36. The molecule has 0 aromatic heterocycles. The molecular formula is C19H25F3N6O2. The highest BCUT2D eigenvalue weighted by atomic mass is 19.4. The Hall–Kier alpha value is -3.10. The van der Waals surface area contributed by atoms with E-state index in [1.807, 2.05) is 0 Å². The summed E-state index contributed by atoms with van der Waals surface area (Å²) in [6.45, 7) is 3.66. The molecule has 0 saturated heterocycles. The first-order valence-electron chi connectivity index (χ1n) is 8.85. The first-order valence-corrected chi connectivity index (χ1v) is 8.85. The van der Waals surface area contributed by atoms with Crippen molar-refractivity contribution in [2.24, 2.45) is 4.99 Å². The minimum Gasteiger partial charge on any atom is -0.338 e. The van der Waals surface area contributed by atoms with Gasteiger partial charge in [-0.25, -0.2) is 0 Å². The fourth-order valence-electron chi connectivity index (χ4n) is 2.75. The van der Waals surface area contributed by atoms with Crippen LogP contribution in [0, 0.1) is 23.0 Å². The van der Waals surface area contributed by atoms with Gasteiger partial charge < -0.3 is 10.2 Å². The summed E-state index contributed by atoms with van der Waals surface area (Å²) in [7, 11) is 3.25. The maximum absolute atomic E-state index is 12.6. The molecule has 11 heteroatoms. The monoisotopic (exact) mass is 426 g/mol. The second-order valence-electron chi connectivity index (χ2n) is 6.36. The molecule has 1 heterocycles. The first-order chi connectivity index (χ1) is 14.0. The van der Waals surface area contributed by atoms with Crippen molar-refractivity contribution in [1.82, 2.24) is 20.9 Å². The smallest absolute Gasteiger partial charge is 0.338 e. The van der Waals surface area contributed by atoms with Gasteiger partial charge in [0.25, 0.3) is 0 Å². The molecule has 0 radical (unpaired) electrons. The van der Waals surface area contributed by atoms with Gasteiger partial charge in [0, 0.05) is 20.6 Å². The Morgan fingerprint density at radius 3 is 2.37 bits per heavy atom. The minimum atomic E-state index is -4.38. The summed E-state index contributed by atoms with van der Waals surface area (Å²) >= 11 is 0. The Morgan fingerprint density at radius 2 is 1.90 bits per heavy atom. The molecule has 8 nitrogen and oxygen atoms in total. The zero-order chi connectivity index (χ0) is 23.1. The fraction of sp³-hybridized carbons (Fsp3) is 0.421. The maximum atomic E-state index is 12.6. The number of nitrogens with zero attached hydrogens (tertiary/aromatic N) is 3. The Kier molecular flexibility index (Phi) is 8.82. The van der Waals surface area contributed by atoms with Gasteiger partial charge in [0.05, 0.1) is 10.5 Å². The van der Waals surface area contributed by atoms with Crippen LogP contribution in [0.15, 0.2) is 40.8 Å². The summed E-state index contributed by atoms with van der Waals surface area (Å²) < 4.78 is 37.9. The molecule has 2 unspecified atom stereocenters. The third-order valence-electron chi connectivity index (χ3n) is 4.48. The van der Waals surface area contributed by atoms with Crippen molar-refractivity contribution in [3.63, 3.8) is 0 Å². The standard InChI is InChI=1S/C17H23F3N6O2.C2H2/c1-10-14(26(27)28)15(25(4)11(2)21-3)24-16(23-10)22-9-12-5-7-13(8-6-12)17(18,19)20;1-2/h5-8,10,16,22-24H,9H2,1-4H3;1-2H. The zero-order valence-electron chi connectivity index (χ0n) is 17.1. The summed E-state index contributed by atoms with van der Waals surface area (Å²) in [6.07, 6.45) is 3.10. The van der Waals surface area contributed by atoms with E-state index < -0.39 is 29.0 Å². The normalized spacial score (nSPS) is 19.4. The molecular weight excluding hydrogens is 401 g/mol. The molecule has 164 valence electrons. The van der Waals surface area contributed by atoms with Gasteiger partial charge in [-0.2, -0.15) is 13.2 Å². The van der Waals surface area contributed by atoms with E-state index in [0.717, 1.165) is 12.1 Å². The number of nitrogens with one attached hydrogen (secondary N) is 3. The molecule has 0 spiro atoms. The SMILES string of the molecule is C#C.CN=C(C)N(C)C1=C([N+](=O)[O-])C(C)NC(NCc2ccc(C(F)(F)F)cc2)N1. The average Bonchev–Trinajstić information content (AvgIpc) is 2.71. The summed E-state index contributed by atoms with van der Waals surface area (Å²) in [6, 6.07) is 4.25. The largest absolute Gasteiger partial charge is 0.416 e. The van der Waals surface area contributed by atoms with Crippen molar-refractivity contribution in [1.29, 1.82) is 0 Å². The molecule has 3 N–H and O–H groups in total. The number of halogens is 3. The van der Waals surface area contributed by atoms with Crippen LogP contribution in [0.5, 0.6) is 0 Å². The molecule has 2 rings (SSSR count). The average molecular weight is 426 g/mol. The van der Waals surface area contributed by atoms with Crippen molar-refractivity contribution < 1.29 is 18.1 Å². The predicted molar refractivity (Wildman–Crippen MR) is 109 cm³/mol. The van der Waals surface area contributed by atoms with Crippen LogP contribution in [0.2, 0.25) is 0 Å². The highest BCUT2D eigenvalue weighted by Crippen LogP contribution is 2.29. The van der Waals surface area contributed by atoms with Crippen molar-refractivity contribution >= 4 is 5.84 Å². The van der Waals surface area contributed by atoms with Crippen molar-refractivity contribution in [2.45, 2.75) is 38.9 Å². The van der Waals surface area contributed by atoms with E-state index in [1.165, 1.54) is 12.1 Å². The van der Waals surface area contributed by atoms with E-state index in [0.29, 0.717) is 17.2 Å². The van der Waals surface area contributed by atoms with Crippen LogP contribution in [0.25, 0.3) is 0 Å². The van der Waals surface area contributed by atoms with Gasteiger partial charge in [-0.1, -0.05) is 12.1 Å². The Balaban J connectivity index is 0.00000218. The van der Waals surface area contributed by atoms with Gasteiger partial charge >= 0.3 is 11.9 Å². The van der Waals surface area contributed by atoms with Crippen LogP contribution in [0.3, 0.4) is 0 Å². The number of alkyl halides is 3. The molecule has 1 aliphatic rings. The van der Waals surface area contributed by atoms with E-state index in [9.17, 15) is 23.3 Å². The summed E-state index contributed by atoms with van der Waals surface area (Å²) in [5, 5.41) is 20.6. The summed E-state index contributed by atoms with van der Waals surface area (Å²) in [5.74, 6) is 0.877. The molecule has 0 amide bonds. The molecule has 1 aliphatic heterocycles. The van der Waals surface area contributed by atoms with Gasteiger partial charge in [0.1, 0.15) is 18.2 Å². The van der Waals surface area contributed by atoms with E-state index in [1.54, 1.807) is 32.8 Å². The van der Waals surface area contributed by atoms with E-state index in [4.69, 9.17) is 0 Å². The number of amidine groups is 1. The molecule has 0 saturated carbocycles. The number of rotatable bonds is 5. The van der Waals surface area contributed by atoms with Gasteiger partial charge in [-0.05, 0) is 31.5 Å². The van der Waals surface area contributed by atoms with Crippen LogP contribution in [-0.4, -0.2) is 42.1 Å². The van der Waals surface area contributed by atoms with Crippen LogP contribution < -0.4 is 16.0 Å². The molecule has 0 bridgehead atoms. The predicted octanol–water partition coefficient (Wildman–Crippen LogP) is 2.34. The van der Waals surface area contributed by atoms with Crippen LogP contribution in [-0.2, 0) is 12.7 Å². The van der Waals surface area contributed by atoms with E-state index in [2.05, 4.69) is 33.8 Å². The Morgan fingerprint density at radius 1 is 1.33 bits per heavy atom. The number of nitro groups is 1. The highest BCUT2D eigenvalue weighted by molar-refractivity contribution is 5.81. The third kappa shape index (κ3) is 6.20. The summed E-state index contributed by atoms with van der Waals surface area (Å²) in [5.41, 5.74) is -0.0943. The summed E-state index contributed by atoms with van der Waals surface area (Å²) in [4.78, 5) is 16.7. The molecule has 0 fully saturated rings. The number of hydrogen-bond acceptors (Lipinski definition) is 6. The number of hydrogen-bond donors (Lipinski definition) is 3. The molecule has 1 aromatic carbocycles. The molecule has 1 aromatic rings. The van der Waals surface area contributed by atoms with E-state index in [-0.39, 0.29) is 12.2 Å². The number of terminal acetylenes is 1. The quantitative estimate of drug-likeness (QED) is 0.220. The van der Waals surface area contributed by atoms with Gasteiger partial charge in [0.2, 0.25) is 0 Å². The lowest BCUT2D eigenvalue weighted by Crippen LogP contribution is -2.61. The lowest BCUT2D eigenvalue weighted by molar-refractivity contribution is -0.433. The van der Waals surface area contributed by atoms with Crippen molar-refractivity contribution in [2.75, 3.05) is 14.1 Å². The minimum absolute atomic E-state index is 0.0296. The Labute approximate surface area is 173 Å². The second-order valence-corrected chi connectivity index (χ2v) is 6.36. The molecule has 30 heavy (non-hydrogen) atoms.